The number of aryl methyl sites for hydroxylation is 2. The van der Waals surface area contributed by atoms with Crippen molar-refractivity contribution in [2.75, 3.05) is 25.0 Å². The number of likely N-dealkylation sites (tertiary alicyclic amines) is 1. The second-order valence-corrected chi connectivity index (χ2v) is 4.86. The lowest BCUT2D eigenvalue weighted by Gasteiger charge is -2.28. The van der Waals surface area contributed by atoms with Crippen molar-refractivity contribution in [3.05, 3.63) is 11.4 Å². The first-order valence-electron chi connectivity index (χ1n) is 6.28. The summed E-state index contributed by atoms with van der Waals surface area (Å²) in [7, 11) is 0. The second-order valence-electron chi connectivity index (χ2n) is 4.86. The van der Waals surface area contributed by atoms with Crippen molar-refractivity contribution in [3.8, 4) is 0 Å². The summed E-state index contributed by atoms with van der Waals surface area (Å²) in [5, 5.41) is 19.2. The van der Waals surface area contributed by atoms with Crippen LogP contribution in [0.1, 0.15) is 24.2 Å². The first kappa shape index (κ1) is 13.0. The van der Waals surface area contributed by atoms with Gasteiger partial charge in [-0.25, -0.2) is 0 Å². The van der Waals surface area contributed by atoms with Gasteiger partial charge >= 0.3 is 0 Å². The topological polar surface area (TPSA) is 81.2 Å². The largest absolute Gasteiger partial charge is 0.393 e. The van der Waals surface area contributed by atoms with E-state index in [0.29, 0.717) is 6.54 Å². The van der Waals surface area contributed by atoms with Gasteiger partial charge < -0.3 is 10.4 Å². The predicted molar refractivity (Wildman–Crippen MR) is 68.4 cm³/mol. The zero-order valence-corrected chi connectivity index (χ0v) is 10.9. The van der Waals surface area contributed by atoms with E-state index in [1.54, 1.807) is 0 Å². The molecule has 100 valence electrons. The number of hydrogen-bond acceptors (Lipinski definition) is 4. The smallest absolute Gasteiger partial charge is 0.238 e. The molecule has 1 aromatic rings. The van der Waals surface area contributed by atoms with Crippen LogP contribution in [0.4, 0.5) is 5.69 Å². The standard InChI is InChI=1S/C12H20N4O2/c1-8-12(9(2)15-14-8)13-11(18)7-16-5-3-10(17)4-6-16/h10,17H,3-7H2,1-2H3,(H,13,18)(H,14,15). The monoisotopic (exact) mass is 252 g/mol. The van der Waals surface area contributed by atoms with Gasteiger partial charge in [0.25, 0.3) is 0 Å². The van der Waals surface area contributed by atoms with E-state index in [1.165, 1.54) is 0 Å². The van der Waals surface area contributed by atoms with E-state index < -0.39 is 0 Å². The summed E-state index contributed by atoms with van der Waals surface area (Å²) >= 11 is 0. The number of H-pyrrole nitrogens is 1. The van der Waals surface area contributed by atoms with Crippen molar-refractivity contribution in [1.82, 2.24) is 15.1 Å². The van der Waals surface area contributed by atoms with E-state index >= 15 is 0 Å². The fraction of sp³-hybridized carbons (Fsp3) is 0.667. The Morgan fingerprint density at radius 3 is 2.72 bits per heavy atom. The minimum absolute atomic E-state index is 0.0287. The molecule has 1 saturated heterocycles. The number of amides is 1. The molecule has 1 amide bonds. The summed E-state index contributed by atoms with van der Waals surface area (Å²) in [5.74, 6) is -0.0287. The Balaban J connectivity index is 1.86. The van der Waals surface area contributed by atoms with E-state index in [0.717, 1.165) is 43.0 Å². The molecule has 3 N–H and O–H groups in total. The van der Waals surface area contributed by atoms with Crippen molar-refractivity contribution in [3.63, 3.8) is 0 Å². The zero-order valence-electron chi connectivity index (χ0n) is 10.9. The van der Waals surface area contributed by atoms with Gasteiger partial charge in [-0.1, -0.05) is 0 Å². The summed E-state index contributed by atoms with van der Waals surface area (Å²) in [6.45, 7) is 5.66. The molecular formula is C12H20N4O2. The number of carbonyl (C=O) groups excluding carboxylic acids is 1. The molecule has 6 nitrogen and oxygen atoms in total. The summed E-state index contributed by atoms with van der Waals surface area (Å²) in [4.78, 5) is 14.0. The number of aromatic amines is 1. The Kier molecular flexibility index (Phi) is 3.98. The summed E-state index contributed by atoms with van der Waals surface area (Å²) < 4.78 is 0. The summed E-state index contributed by atoms with van der Waals surface area (Å²) in [6, 6.07) is 0. The van der Waals surface area contributed by atoms with Crippen molar-refractivity contribution in [1.29, 1.82) is 0 Å². The van der Waals surface area contributed by atoms with Crippen LogP contribution in [-0.2, 0) is 4.79 Å². The van der Waals surface area contributed by atoms with Crippen LogP contribution in [0.3, 0.4) is 0 Å². The van der Waals surface area contributed by atoms with Gasteiger partial charge in [-0.05, 0) is 26.7 Å². The lowest BCUT2D eigenvalue weighted by molar-refractivity contribution is -0.117. The molecule has 0 aliphatic carbocycles. The highest BCUT2D eigenvalue weighted by Crippen LogP contribution is 2.16. The minimum atomic E-state index is -0.206. The molecule has 18 heavy (non-hydrogen) atoms. The number of aromatic nitrogens is 2. The van der Waals surface area contributed by atoms with Crippen molar-refractivity contribution in [2.45, 2.75) is 32.8 Å². The third-order valence-electron chi connectivity index (χ3n) is 3.32. The molecule has 0 aromatic carbocycles. The van der Waals surface area contributed by atoms with Crippen LogP contribution in [0.25, 0.3) is 0 Å². The molecule has 1 aromatic heterocycles. The number of nitrogens with zero attached hydrogens (tertiary/aromatic N) is 2. The maximum atomic E-state index is 11.9. The number of aliphatic hydroxyl groups is 1. The van der Waals surface area contributed by atoms with E-state index in [2.05, 4.69) is 20.4 Å². The van der Waals surface area contributed by atoms with Crippen molar-refractivity contribution in [2.24, 2.45) is 0 Å². The van der Waals surface area contributed by atoms with Gasteiger partial charge in [-0.15, -0.1) is 0 Å². The van der Waals surface area contributed by atoms with Gasteiger partial charge in [0.2, 0.25) is 5.91 Å². The lowest BCUT2D eigenvalue weighted by Crippen LogP contribution is -2.40. The molecule has 0 spiro atoms. The highest BCUT2D eigenvalue weighted by atomic mass is 16.3. The third kappa shape index (κ3) is 3.08. The van der Waals surface area contributed by atoms with Crippen molar-refractivity contribution >= 4 is 11.6 Å². The van der Waals surface area contributed by atoms with Gasteiger partial charge in [-0.3, -0.25) is 14.8 Å². The summed E-state index contributed by atoms with van der Waals surface area (Å²) in [5.41, 5.74) is 2.45. The SMILES string of the molecule is Cc1n[nH]c(C)c1NC(=O)CN1CCC(O)CC1. The maximum Gasteiger partial charge on any atom is 0.238 e. The number of nitrogens with one attached hydrogen (secondary N) is 2. The first-order chi connectivity index (χ1) is 8.56. The number of rotatable bonds is 3. The Morgan fingerprint density at radius 1 is 1.50 bits per heavy atom. The highest BCUT2D eigenvalue weighted by Gasteiger charge is 2.19. The molecule has 6 heteroatoms. The van der Waals surface area contributed by atoms with Gasteiger partial charge in [-0.2, -0.15) is 5.10 Å². The van der Waals surface area contributed by atoms with Crippen molar-refractivity contribution < 1.29 is 9.90 Å². The van der Waals surface area contributed by atoms with Crippen LogP contribution >= 0.6 is 0 Å². The number of carbonyl (C=O) groups is 1. The predicted octanol–water partition coefficient (Wildman–Crippen LogP) is 0.422. The van der Waals surface area contributed by atoms with E-state index in [9.17, 15) is 9.90 Å². The zero-order chi connectivity index (χ0) is 13.1. The van der Waals surface area contributed by atoms with Crippen LogP contribution in [-0.4, -0.2) is 51.8 Å². The van der Waals surface area contributed by atoms with Gasteiger partial charge in [0, 0.05) is 13.1 Å². The molecule has 1 aliphatic rings. The molecular weight excluding hydrogens is 232 g/mol. The number of anilines is 1. The molecule has 1 aliphatic heterocycles. The Morgan fingerprint density at radius 2 is 2.17 bits per heavy atom. The number of aliphatic hydroxyl groups excluding tert-OH is 1. The molecule has 2 rings (SSSR count). The van der Waals surface area contributed by atoms with E-state index in [4.69, 9.17) is 0 Å². The maximum absolute atomic E-state index is 11.9. The van der Waals surface area contributed by atoms with Crippen LogP contribution in [0.2, 0.25) is 0 Å². The Bertz CT molecular complexity index is 402. The lowest BCUT2D eigenvalue weighted by atomic mass is 10.1. The average Bonchev–Trinajstić information content (AvgIpc) is 2.64. The molecule has 2 heterocycles. The van der Waals surface area contributed by atoms with Crippen LogP contribution in [0.5, 0.6) is 0 Å². The summed E-state index contributed by atoms with van der Waals surface area (Å²) in [6.07, 6.45) is 1.29. The number of hydrogen-bond donors (Lipinski definition) is 3. The van der Waals surface area contributed by atoms with E-state index in [1.807, 2.05) is 13.8 Å². The highest BCUT2D eigenvalue weighted by molar-refractivity contribution is 5.93. The van der Waals surface area contributed by atoms with Gasteiger partial charge in [0.05, 0.1) is 29.7 Å². The molecule has 0 bridgehead atoms. The normalized spacial score (nSPS) is 17.9. The average molecular weight is 252 g/mol. The third-order valence-corrected chi connectivity index (χ3v) is 3.32. The molecule has 0 unspecified atom stereocenters. The number of piperidine rings is 1. The molecule has 1 fully saturated rings. The molecule has 0 saturated carbocycles. The first-order valence-corrected chi connectivity index (χ1v) is 6.28. The van der Waals surface area contributed by atoms with Gasteiger partial charge in [0.1, 0.15) is 0 Å². The fourth-order valence-corrected chi connectivity index (χ4v) is 2.19. The van der Waals surface area contributed by atoms with Crippen LogP contribution in [0, 0.1) is 13.8 Å². The Hall–Kier alpha value is -1.40. The van der Waals surface area contributed by atoms with Crippen LogP contribution in [0.15, 0.2) is 0 Å². The van der Waals surface area contributed by atoms with Crippen LogP contribution < -0.4 is 5.32 Å². The quantitative estimate of drug-likeness (QED) is 0.728. The van der Waals surface area contributed by atoms with Gasteiger partial charge in [0.15, 0.2) is 0 Å². The van der Waals surface area contributed by atoms with E-state index in [-0.39, 0.29) is 12.0 Å². The fourth-order valence-electron chi connectivity index (χ4n) is 2.19. The Labute approximate surface area is 106 Å². The molecule has 0 radical (unpaired) electrons. The molecule has 0 atom stereocenters. The minimum Gasteiger partial charge on any atom is -0.393 e. The second kappa shape index (κ2) is 5.49.